The van der Waals surface area contributed by atoms with E-state index < -0.39 is 0 Å². The minimum absolute atomic E-state index is 0.610. The molecular weight excluding hydrogens is 172 g/mol. The Morgan fingerprint density at radius 3 is 2.00 bits per heavy atom. The summed E-state index contributed by atoms with van der Waals surface area (Å²) in [6, 6.07) is 0. The molecule has 0 aromatic rings. The molecule has 2 atom stereocenters. The fourth-order valence-corrected chi connectivity index (χ4v) is 2.93. The molecule has 2 fully saturated rings. The molecule has 1 aliphatic heterocycles. The molecule has 2 unspecified atom stereocenters. The van der Waals surface area contributed by atoms with Crippen LogP contribution in [0, 0.1) is 17.8 Å². The van der Waals surface area contributed by atoms with Gasteiger partial charge in [0.1, 0.15) is 0 Å². The average molecular weight is 196 g/mol. The molecule has 0 spiro atoms. The quantitative estimate of drug-likeness (QED) is 0.622. The van der Waals surface area contributed by atoms with Crippen molar-refractivity contribution in [1.29, 1.82) is 0 Å². The Kier molecular flexibility index (Phi) is 3.48. The van der Waals surface area contributed by atoms with Crippen LogP contribution in [-0.4, -0.2) is 12.7 Å². The lowest BCUT2D eigenvalue weighted by Gasteiger charge is -2.36. The second-order valence-electron chi connectivity index (χ2n) is 5.57. The van der Waals surface area contributed by atoms with E-state index in [-0.39, 0.29) is 0 Å². The zero-order valence-corrected chi connectivity index (χ0v) is 9.67. The summed E-state index contributed by atoms with van der Waals surface area (Å²) in [7, 11) is 0. The standard InChI is InChI=1S/C13H24O/c1-10-3-6-12(7-4-10)13-8-5-11(2)9-14-13/h10-13H,3-9H2,1-2H3. The predicted octanol–water partition coefficient (Wildman–Crippen LogP) is 3.63. The third-order valence-corrected chi connectivity index (χ3v) is 4.13. The maximum atomic E-state index is 5.96. The van der Waals surface area contributed by atoms with Gasteiger partial charge in [-0.1, -0.05) is 26.7 Å². The summed E-state index contributed by atoms with van der Waals surface area (Å²) < 4.78 is 5.96. The molecule has 1 nitrogen and oxygen atoms in total. The molecule has 0 aromatic carbocycles. The maximum absolute atomic E-state index is 5.96. The lowest BCUT2D eigenvalue weighted by molar-refractivity contribution is -0.0538. The molecule has 1 heterocycles. The van der Waals surface area contributed by atoms with Crippen LogP contribution in [0.5, 0.6) is 0 Å². The Bertz CT molecular complexity index is 142. The van der Waals surface area contributed by atoms with Gasteiger partial charge in [0.05, 0.1) is 6.10 Å². The summed E-state index contributed by atoms with van der Waals surface area (Å²) in [6.07, 6.45) is 9.01. The Balaban J connectivity index is 1.78. The summed E-state index contributed by atoms with van der Waals surface area (Å²) >= 11 is 0. The van der Waals surface area contributed by atoms with Gasteiger partial charge in [-0.05, 0) is 43.4 Å². The van der Waals surface area contributed by atoms with Gasteiger partial charge in [-0.15, -0.1) is 0 Å². The second-order valence-corrected chi connectivity index (χ2v) is 5.57. The van der Waals surface area contributed by atoms with Crippen molar-refractivity contribution in [2.24, 2.45) is 17.8 Å². The van der Waals surface area contributed by atoms with Crippen molar-refractivity contribution >= 4 is 0 Å². The zero-order chi connectivity index (χ0) is 9.97. The van der Waals surface area contributed by atoms with E-state index in [1.54, 1.807) is 0 Å². The predicted molar refractivity (Wildman–Crippen MR) is 59.3 cm³/mol. The molecule has 1 saturated heterocycles. The van der Waals surface area contributed by atoms with Crippen LogP contribution in [0.3, 0.4) is 0 Å². The summed E-state index contributed by atoms with van der Waals surface area (Å²) in [5.41, 5.74) is 0. The lowest BCUT2D eigenvalue weighted by Crippen LogP contribution is -2.33. The van der Waals surface area contributed by atoms with E-state index in [2.05, 4.69) is 13.8 Å². The number of hydrogen-bond acceptors (Lipinski definition) is 1. The van der Waals surface area contributed by atoms with Crippen LogP contribution in [0.1, 0.15) is 52.4 Å². The third kappa shape index (κ3) is 2.50. The van der Waals surface area contributed by atoms with Crippen LogP contribution in [0.15, 0.2) is 0 Å². The molecular formula is C13H24O. The van der Waals surface area contributed by atoms with Crippen molar-refractivity contribution in [1.82, 2.24) is 0 Å². The molecule has 1 heteroatoms. The molecule has 0 radical (unpaired) electrons. The first kappa shape index (κ1) is 10.5. The third-order valence-electron chi connectivity index (χ3n) is 4.13. The Morgan fingerprint density at radius 2 is 1.43 bits per heavy atom. The summed E-state index contributed by atoms with van der Waals surface area (Å²) in [5, 5.41) is 0. The molecule has 1 saturated carbocycles. The van der Waals surface area contributed by atoms with Crippen LogP contribution in [0.25, 0.3) is 0 Å². The summed E-state index contributed by atoms with van der Waals surface area (Å²) in [4.78, 5) is 0. The minimum Gasteiger partial charge on any atom is -0.378 e. The highest BCUT2D eigenvalue weighted by Crippen LogP contribution is 2.35. The average Bonchev–Trinajstić information content (AvgIpc) is 2.21. The number of hydrogen-bond donors (Lipinski definition) is 0. The molecule has 2 aliphatic rings. The summed E-state index contributed by atoms with van der Waals surface area (Å²) in [5.74, 6) is 2.65. The van der Waals surface area contributed by atoms with Gasteiger partial charge in [0.2, 0.25) is 0 Å². The van der Waals surface area contributed by atoms with Gasteiger partial charge in [-0.25, -0.2) is 0 Å². The zero-order valence-electron chi connectivity index (χ0n) is 9.67. The first-order valence-corrected chi connectivity index (χ1v) is 6.37. The van der Waals surface area contributed by atoms with Gasteiger partial charge in [0.15, 0.2) is 0 Å². The van der Waals surface area contributed by atoms with Gasteiger partial charge >= 0.3 is 0 Å². The van der Waals surface area contributed by atoms with Crippen molar-refractivity contribution < 1.29 is 4.74 Å². The van der Waals surface area contributed by atoms with Crippen molar-refractivity contribution in [3.63, 3.8) is 0 Å². The fourth-order valence-electron chi connectivity index (χ4n) is 2.93. The highest BCUT2D eigenvalue weighted by Gasteiger charge is 2.29. The van der Waals surface area contributed by atoms with Gasteiger partial charge in [0.25, 0.3) is 0 Å². The van der Waals surface area contributed by atoms with E-state index in [4.69, 9.17) is 4.74 Å². The van der Waals surface area contributed by atoms with Crippen molar-refractivity contribution in [2.45, 2.75) is 58.5 Å². The second kappa shape index (κ2) is 4.65. The highest BCUT2D eigenvalue weighted by atomic mass is 16.5. The molecule has 0 aromatic heterocycles. The van der Waals surface area contributed by atoms with Gasteiger partial charge < -0.3 is 4.74 Å². The van der Waals surface area contributed by atoms with Crippen LogP contribution < -0.4 is 0 Å². The van der Waals surface area contributed by atoms with Crippen LogP contribution in [-0.2, 0) is 4.74 Å². The van der Waals surface area contributed by atoms with E-state index in [1.807, 2.05) is 0 Å². The van der Waals surface area contributed by atoms with Crippen molar-refractivity contribution in [2.75, 3.05) is 6.61 Å². The Labute approximate surface area is 88.2 Å². The number of ether oxygens (including phenoxy) is 1. The number of rotatable bonds is 1. The molecule has 14 heavy (non-hydrogen) atoms. The lowest BCUT2D eigenvalue weighted by atomic mass is 9.78. The van der Waals surface area contributed by atoms with E-state index in [0.717, 1.165) is 24.4 Å². The first-order valence-electron chi connectivity index (χ1n) is 6.37. The normalized spacial score (nSPS) is 45.0. The molecule has 1 aliphatic carbocycles. The minimum atomic E-state index is 0.610. The highest BCUT2D eigenvalue weighted by molar-refractivity contribution is 4.79. The molecule has 0 amide bonds. The smallest absolute Gasteiger partial charge is 0.0603 e. The van der Waals surface area contributed by atoms with Gasteiger partial charge in [-0.2, -0.15) is 0 Å². The monoisotopic (exact) mass is 196 g/mol. The maximum Gasteiger partial charge on any atom is 0.0603 e. The van der Waals surface area contributed by atoms with Crippen LogP contribution in [0.2, 0.25) is 0 Å². The van der Waals surface area contributed by atoms with E-state index in [1.165, 1.54) is 38.5 Å². The first-order chi connectivity index (χ1) is 6.75. The molecule has 2 rings (SSSR count). The SMILES string of the molecule is CC1CCC(C2CCC(C)CO2)CC1. The Morgan fingerprint density at radius 1 is 0.786 bits per heavy atom. The largest absolute Gasteiger partial charge is 0.378 e. The van der Waals surface area contributed by atoms with Gasteiger partial charge in [0, 0.05) is 6.61 Å². The van der Waals surface area contributed by atoms with Crippen LogP contribution >= 0.6 is 0 Å². The molecule has 82 valence electrons. The van der Waals surface area contributed by atoms with Gasteiger partial charge in [-0.3, -0.25) is 0 Å². The van der Waals surface area contributed by atoms with Crippen LogP contribution in [0.4, 0.5) is 0 Å². The topological polar surface area (TPSA) is 9.23 Å². The molecule has 0 N–H and O–H groups in total. The summed E-state index contributed by atoms with van der Waals surface area (Å²) in [6.45, 7) is 5.70. The van der Waals surface area contributed by atoms with E-state index >= 15 is 0 Å². The van der Waals surface area contributed by atoms with E-state index in [0.29, 0.717) is 6.10 Å². The van der Waals surface area contributed by atoms with Crippen molar-refractivity contribution in [3.8, 4) is 0 Å². The fraction of sp³-hybridized carbons (Fsp3) is 1.00. The van der Waals surface area contributed by atoms with E-state index in [9.17, 15) is 0 Å². The molecule has 0 bridgehead atoms. The van der Waals surface area contributed by atoms with Crippen molar-refractivity contribution in [3.05, 3.63) is 0 Å². The Hall–Kier alpha value is -0.0400.